The van der Waals surface area contributed by atoms with E-state index in [0.29, 0.717) is 0 Å². The van der Waals surface area contributed by atoms with Gasteiger partial charge in [0, 0.05) is 16.7 Å². The van der Waals surface area contributed by atoms with Crippen molar-refractivity contribution in [1.82, 2.24) is 0 Å². The van der Waals surface area contributed by atoms with E-state index < -0.39 is 0 Å². The predicted octanol–water partition coefficient (Wildman–Crippen LogP) is 6.51. The molecule has 3 aromatic carbocycles. The van der Waals surface area contributed by atoms with Crippen molar-refractivity contribution in [2.75, 3.05) is 5.73 Å². The van der Waals surface area contributed by atoms with Crippen molar-refractivity contribution >= 4 is 5.69 Å². The molecule has 2 heteroatoms. The summed E-state index contributed by atoms with van der Waals surface area (Å²) in [6.07, 6.45) is 6.25. The van der Waals surface area contributed by atoms with Gasteiger partial charge >= 0.3 is 0 Å². The average Bonchev–Trinajstić information content (AvgIpc) is 2.76. The molecule has 3 aromatic rings. The molecule has 4 rings (SSSR count). The van der Waals surface area contributed by atoms with Gasteiger partial charge in [-0.1, -0.05) is 73.7 Å². The number of nitriles is 1. The molecular weight excluding hydrogens is 364 g/mol. The first kappa shape index (κ1) is 20.0. The van der Waals surface area contributed by atoms with Gasteiger partial charge < -0.3 is 5.73 Å². The number of benzene rings is 3. The van der Waals surface area contributed by atoms with E-state index in [9.17, 15) is 5.26 Å². The second kappa shape index (κ2) is 8.59. The number of aryl methyl sites for hydroxylation is 2. The van der Waals surface area contributed by atoms with Gasteiger partial charge in [0.15, 0.2) is 0 Å². The minimum absolute atomic E-state index is 0.0195. The third-order valence-corrected chi connectivity index (χ3v) is 6.50. The maximum Gasteiger partial charge on any atom is 0.0946 e. The monoisotopic (exact) mass is 392 g/mol. The molecule has 1 aliphatic rings. The van der Waals surface area contributed by atoms with Gasteiger partial charge in [-0.15, -0.1) is 0 Å². The maximum atomic E-state index is 9.37. The van der Waals surface area contributed by atoms with E-state index >= 15 is 0 Å². The Balaban J connectivity index is 1.50. The molecule has 1 saturated carbocycles. The normalized spacial score (nSPS) is 14.5. The van der Waals surface area contributed by atoms with Crippen molar-refractivity contribution in [3.63, 3.8) is 0 Å². The van der Waals surface area contributed by atoms with Crippen LogP contribution in [0.15, 0.2) is 84.9 Å². The zero-order valence-electron chi connectivity index (χ0n) is 17.4. The maximum absolute atomic E-state index is 9.37. The smallest absolute Gasteiger partial charge is 0.0946 e. The van der Waals surface area contributed by atoms with Gasteiger partial charge in [0.1, 0.15) is 0 Å². The second-order valence-corrected chi connectivity index (χ2v) is 8.54. The van der Waals surface area contributed by atoms with Gasteiger partial charge in [-0.25, -0.2) is 0 Å². The highest BCUT2D eigenvalue weighted by Gasteiger charge is 2.39. The minimum Gasteiger partial charge on any atom is -0.399 e. The van der Waals surface area contributed by atoms with Crippen LogP contribution >= 0.6 is 0 Å². The molecule has 0 heterocycles. The Hall–Kier alpha value is -3.31. The summed E-state index contributed by atoms with van der Waals surface area (Å²) in [5, 5.41) is 9.37. The van der Waals surface area contributed by atoms with Crippen molar-refractivity contribution in [1.29, 1.82) is 5.26 Å². The van der Waals surface area contributed by atoms with Gasteiger partial charge in [-0.3, -0.25) is 0 Å². The molecule has 1 fully saturated rings. The largest absolute Gasteiger partial charge is 0.399 e. The molecule has 0 amide bonds. The highest BCUT2D eigenvalue weighted by molar-refractivity contribution is 5.65. The Morgan fingerprint density at radius 1 is 0.867 bits per heavy atom. The lowest BCUT2D eigenvalue weighted by atomic mass is 9.61. The lowest BCUT2D eigenvalue weighted by Gasteiger charge is -2.41. The lowest BCUT2D eigenvalue weighted by molar-refractivity contribution is 0.192. The standard InChI is InChI=1S/C28H28N2/c1-21(20-29)28(15-4-16-28)19-24-6-3-8-26(18-24)25-7-2-5-23(17-25)10-9-22-11-13-27(30)14-12-22/h2-3,5-8,11-14,17-18H,1,4,9-10,15-16,19,30H2. The van der Waals surface area contributed by atoms with Crippen LogP contribution in [-0.4, -0.2) is 0 Å². The minimum atomic E-state index is -0.0195. The van der Waals surface area contributed by atoms with Crippen LogP contribution in [0.25, 0.3) is 11.1 Å². The van der Waals surface area contributed by atoms with E-state index in [1.165, 1.54) is 34.2 Å². The molecule has 30 heavy (non-hydrogen) atoms. The Morgan fingerprint density at radius 2 is 1.47 bits per heavy atom. The number of allylic oxidation sites excluding steroid dienone is 1. The number of rotatable bonds is 7. The topological polar surface area (TPSA) is 49.8 Å². The number of nitrogen functional groups attached to an aromatic ring is 1. The van der Waals surface area contributed by atoms with Crippen molar-refractivity contribution in [2.24, 2.45) is 5.41 Å². The van der Waals surface area contributed by atoms with Crippen LogP contribution < -0.4 is 5.73 Å². The van der Waals surface area contributed by atoms with E-state index in [2.05, 4.69) is 73.3 Å². The van der Waals surface area contributed by atoms with Crippen molar-refractivity contribution in [2.45, 2.75) is 38.5 Å². The summed E-state index contributed by atoms with van der Waals surface area (Å²) in [5.74, 6) is 0. The van der Waals surface area contributed by atoms with Gasteiger partial charge in [0.25, 0.3) is 0 Å². The van der Waals surface area contributed by atoms with Crippen LogP contribution in [0.3, 0.4) is 0 Å². The van der Waals surface area contributed by atoms with Crippen molar-refractivity contribution in [3.05, 3.63) is 102 Å². The summed E-state index contributed by atoms with van der Waals surface area (Å²) in [6, 6.07) is 28.0. The fraction of sp³-hybridized carbons (Fsp3) is 0.250. The molecule has 0 saturated heterocycles. The van der Waals surface area contributed by atoms with Crippen molar-refractivity contribution in [3.8, 4) is 17.2 Å². The molecule has 0 unspecified atom stereocenters. The summed E-state index contributed by atoms with van der Waals surface area (Å²) in [5.41, 5.74) is 13.7. The fourth-order valence-corrected chi connectivity index (χ4v) is 4.44. The number of anilines is 1. The van der Waals surface area contributed by atoms with E-state index in [4.69, 9.17) is 5.73 Å². The van der Waals surface area contributed by atoms with E-state index in [0.717, 1.165) is 43.4 Å². The molecule has 1 aliphatic carbocycles. The summed E-state index contributed by atoms with van der Waals surface area (Å²) in [4.78, 5) is 0. The summed E-state index contributed by atoms with van der Waals surface area (Å²) >= 11 is 0. The van der Waals surface area contributed by atoms with Gasteiger partial charge in [-0.2, -0.15) is 5.26 Å². The molecule has 0 radical (unpaired) electrons. The summed E-state index contributed by atoms with van der Waals surface area (Å²) in [6.45, 7) is 4.04. The molecule has 0 bridgehead atoms. The summed E-state index contributed by atoms with van der Waals surface area (Å²) < 4.78 is 0. The number of nitrogens with two attached hydrogens (primary N) is 1. The Morgan fingerprint density at radius 3 is 2.07 bits per heavy atom. The van der Waals surface area contributed by atoms with Crippen LogP contribution in [0, 0.1) is 16.7 Å². The zero-order valence-corrected chi connectivity index (χ0v) is 17.4. The molecule has 2 N–H and O–H groups in total. The van der Waals surface area contributed by atoms with Crippen molar-refractivity contribution < 1.29 is 0 Å². The van der Waals surface area contributed by atoms with Crippen LogP contribution in [0.2, 0.25) is 0 Å². The predicted molar refractivity (Wildman–Crippen MR) is 125 cm³/mol. The number of hydrogen-bond acceptors (Lipinski definition) is 2. The highest BCUT2D eigenvalue weighted by atomic mass is 14.5. The number of hydrogen-bond donors (Lipinski definition) is 1. The lowest BCUT2D eigenvalue weighted by Crippen LogP contribution is -2.33. The average molecular weight is 393 g/mol. The second-order valence-electron chi connectivity index (χ2n) is 8.54. The van der Waals surface area contributed by atoms with E-state index in [1.54, 1.807) is 0 Å². The molecular formula is C28H28N2. The Bertz CT molecular complexity index is 1080. The quantitative estimate of drug-likeness (QED) is 0.368. The molecule has 0 aliphatic heterocycles. The van der Waals surface area contributed by atoms with Crippen LogP contribution in [0.4, 0.5) is 5.69 Å². The van der Waals surface area contributed by atoms with Crippen LogP contribution in [-0.2, 0) is 19.3 Å². The van der Waals surface area contributed by atoms with Gasteiger partial charge in [0.05, 0.1) is 6.07 Å². The summed E-state index contributed by atoms with van der Waals surface area (Å²) in [7, 11) is 0. The molecule has 0 atom stereocenters. The first-order valence-electron chi connectivity index (χ1n) is 10.7. The highest BCUT2D eigenvalue weighted by Crippen LogP contribution is 2.48. The van der Waals surface area contributed by atoms with E-state index in [1.807, 2.05) is 12.1 Å². The fourth-order valence-electron chi connectivity index (χ4n) is 4.44. The third-order valence-electron chi connectivity index (χ3n) is 6.50. The van der Waals surface area contributed by atoms with Gasteiger partial charge in [-0.05, 0) is 72.1 Å². The molecule has 0 aromatic heterocycles. The number of nitrogens with zero attached hydrogens (tertiary/aromatic N) is 1. The molecule has 2 nitrogen and oxygen atoms in total. The Kier molecular flexibility index (Phi) is 5.72. The molecule has 150 valence electrons. The van der Waals surface area contributed by atoms with Gasteiger partial charge in [0.2, 0.25) is 0 Å². The third kappa shape index (κ3) is 4.31. The van der Waals surface area contributed by atoms with Crippen LogP contribution in [0.5, 0.6) is 0 Å². The zero-order chi connectivity index (χ0) is 21.0. The first-order chi connectivity index (χ1) is 14.6. The van der Waals surface area contributed by atoms with E-state index in [-0.39, 0.29) is 5.41 Å². The van der Waals surface area contributed by atoms with Crippen LogP contribution in [0.1, 0.15) is 36.0 Å². The molecule has 0 spiro atoms. The first-order valence-corrected chi connectivity index (χ1v) is 10.7. The SMILES string of the molecule is C=C(C#N)C1(Cc2cccc(-c3cccc(CCc4ccc(N)cc4)c3)c2)CCC1. The Labute approximate surface area is 179 Å².